The predicted molar refractivity (Wildman–Crippen MR) is 88.0 cm³/mol. The zero-order valence-corrected chi connectivity index (χ0v) is 12.7. The molecule has 1 aromatic rings. The molecule has 0 bridgehead atoms. The summed E-state index contributed by atoms with van der Waals surface area (Å²) in [5.41, 5.74) is 1.93. The molecule has 2 N–H and O–H groups in total. The van der Waals surface area contributed by atoms with Crippen LogP contribution in [0.3, 0.4) is 0 Å². The SMILES string of the molecule is C=CC(=CC=C(C)NC(=O)Nc1ccccn1)CCCC. The molecule has 0 aliphatic heterocycles. The van der Waals surface area contributed by atoms with E-state index in [-0.39, 0.29) is 6.03 Å². The zero-order valence-electron chi connectivity index (χ0n) is 12.7. The van der Waals surface area contributed by atoms with Crippen LogP contribution in [0, 0.1) is 0 Å². The van der Waals surface area contributed by atoms with Gasteiger partial charge in [-0.15, -0.1) is 0 Å². The maximum Gasteiger partial charge on any atom is 0.324 e. The molecule has 4 heteroatoms. The van der Waals surface area contributed by atoms with Crippen LogP contribution in [-0.2, 0) is 0 Å². The van der Waals surface area contributed by atoms with E-state index < -0.39 is 0 Å². The molecule has 1 aromatic heterocycles. The van der Waals surface area contributed by atoms with Crippen molar-refractivity contribution in [1.29, 1.82) is 0 Å². The average molecular weight is 285 g/mol. The fraction of sp³-hybridized carbons (Fsp3) is 0.294. The van der Waals surface area contributed by atoms with Crippen LogP contribution in [0.4, 0.5) is 10.6 Å². The number of hydrogen-bond donors (Lipinski definition) is 2. The fourth-order valence-electron chi connectivity index (χ4n) is 1.67. The van der Waals surface area contributed by atoms with Gasteiger partial charge in [0.05, 0.1) is 0 Å². The molecule has 1 rings (SSSR count). The molecule has 2 amide bonds. The lowest BCUT2D eigenvalue weighted by Crippen LogP contribution is -2.27. The van der Waals surface area contributed by atoms with Crippen molar-refractivity contribution in [2.75, 3.05) is 5.32 Å². The van der Waals surface area contributed by atoms with Crippen LogP contribution in [0.2, 0.25) is 0 Å². The fourth-order valence-corrected chi connectivity index (χ4v) is 1.67. The second-order valence-electron chi connectivity index (χ2n) is 4.69. The molecule has 0 unspecified atom stereocenters. The number of urea groups is 1. The molecule has 0 atom stereocenters. The van der Waals surface area contributed by atoms with Crippen LogP contribution in [0.5, 0.6) is 0 Å². The van der Waals surface area contributed by atoms with E-state index in [2.05, 4.69) is 29.1 Å². The molecule has 21 heavy (non-hydrogen) atoms. The van der Waals surface area contributed by atoms with Gasteiger partial charge in [-0.2, -0.15) is 0 Å². The highest BCUT2D eigenvalue weighted by Gasteiger charge is 2.01. The number of nitrogens with zero attached hydrogens (tertiary/aromatic N) is 1. The van der Waals surface area contributed by atoms with Crippen molar-refractivity contribution in [2.45, 2.75) is 33.1 Å². The van der Waals surface area contributed by atoms with Gasteiger partial charge in [-0.1, -0.05) is 38.1 Å². The zero-order chi connectivity index (χ0) is 15.5. The Labute approximate surface area is 126 Å². The third-order valence-corrected chi connectivity index (χ3v) is 2.85. The van der Waals surface area contributed by atoms with Crippen molar-refractivity contribution >= 4 is 11.8 Å². The number of carbonyl (C=O) groups is 1. The first-order valence-electron chi connectivity index (χ1n) is 7.14. The van der Waals surface area contributed by atoms with Gasteiger partial charge in [0.2, 0.25) is 0 Å². The topological polar surface area (TPSA) is 54.0 Å². The van der Waals surface area contributed by atoms with Crippen LogP contribution in [-0.4, -0.2) is 11.0 Å². The third-order valence-electron chi connectivity index (χ3n) is 2.85. The molecule has 4 nitrogen and oxygen atoms in total. The Hall–Kier alpha value is -2.36. The number of hydrogen-bond acceptors (Lipinski definition) is 2. The monoisotopic (exact) mass is 285 g/mol. The average Bonchev–Trinajstić information content (AvgIpc) is 2.48. The minimum atomic E-state index is -0.301. The largest absolute Gasteiger partial charge is 0.324 e. The van der Waals surface area contributed by atoms with Gasteiger partial charge in [-0.3, -0.25) is 5.32 Å². The first-order chi connectivity index (χ1) is 10.2. The molecular weight excluding hydrogens is 262 g/mol. The first-order valence-corrected chi connectivity index (χ1v) is 7.14. The summed E-state index contributed by atoms with van der Waals surface area (Å²) in [6, 6.07) is 5.05. The second-order valence-corrected chi connectivity index (χ2v) is 4.69. The van der Waals surface area contributed by atoms with Gasteiger partial charge in [-0.05, 0) is 43.5 Å². The van der Waals surface area contributed by atoms with E-state index in [4.69, 9.17) is 0 Å². The summed E-state index contributed by atoms with van der Waals surface area (Å²) in [4.78, 5) is 15.8. The number of pyridine rings is 1. The van der Waals surface area contributed by atoms with Gasteiger partial charge < -0.3 is 5.32 Å². The van der Waals surface area contributed by atoms with Gasteiger partial charge >= 0.3 is 6.03 Å². The van der Waals surface area contributed by atoms with Crippen molar-refractivity contribution in [3.63, 3.8) is 0 Å². The lowest BCUT2D eigenvalue weighted by Gasteiger charge is -2.06. The van der Waals surface area contributed by atoms with Gasteiger partial charge in [0.25, 0.3) is 0 Å². The summed E-state index contributed by atoms with van der Waals surface area (Å²) in [6.07, 6.45) is 10.6. The standard InChI is InChI=1S/C17H23N3O/c1-4-6-9-15(5-2)12-11-14(3)19-17(21)20-16-10-7-8-13-18-16/h5,7-8,10-13H,2,4,6,9H2,1,3H3,(H2,18,19,20,21). The van der Waals surface area contributed by atoms with E-state index in [9.17, 15) is 4.79 Å². The Morgan fingerprint density at radius 1 is 1.38 bits per heavy atom. The van der Waals surface area contributed by atoms with E-state index >= 15 is 0 Å². The molecule has 0 aromatic carbocycles. The lowest BCUT2D eigenvalue weighted by atomic mass is 10.1. The van der Waals surface area contributed by atoms with Gasteiger partial charge in [0.15, 0.2) is 0 Å². The summed E-state index contributed by atoms with van der Waals surface area (Å²) in [7, 11) is 0. The molecule has 0 radical (unpaired) electrons. The highest BCUT2D eigenvalue weighted by Crippen LogP contribution is 2.08. The smallest absolute Gasteiger partial charge is 0.312 e. The van der Waals surface area contributed by atoms with Gasteiger partial charge in [0.1, 0.15) is 5.82 Å². The van der Waals surface area contributed by atoms with Gasteiger partial charge in [0, 0.05) is 11.9 Å². The minimum absolute atomic E-state index is 0.301. The van der Waals surface area contributed by atoms with Gasteiger partial charge in [-0.25, -0.2) is 9.78 Å². The van der Waals surface area contributed by atoms with Crippen molar-refractivity contribution < 1.29 is 4.79 Å². The quantitative estimate of drug-likeness (QED) is 0.729. The molecule has 0 saturated carbocycles. The Kier molecular flexibility index (Phi) is 7.58. The Morgan fingerprint density at radius 2 is 2.19 bits per heavy atom. The number of rotatable bonds is 7. The molecule has 0 aliphatic carbocycles. The van der Waals surface area contributed by atoms with Crippen molar-refractivity contribution in [2.24, 2.45) is 0 Å². The normalized spacial score (nSPS) is 11.9. The van der Waals surface area contributed by atoms with Crippen LogP contribution < -0.4 is 10.6 Å². The van der Waals surface area contributed by atoms with Crippen molar-refractivity contribution in [3.05, 3.63) is 60.5 Å². The van der Waals surface area contributed by atoms with Crippen LogP contribution >= 0.6 is 0 Å². The minimum Gasteiger partial charge on any atom is -0.312 e. The van der Waals surface area contributed by atoms with E-state index in [1.54, 1.807) is 18.3 Å². The molecule has 0 spiro atoms. The maximum atomic E-state index is 11.8. The number of allylic oxidation sites excluding steroid dienone is 5. The number of amides is 2. The van der Waals surface area contributed by atoms with Crippen LogP contribution in [0.1, 0.15) is 33.1 Å². The van der Waals surface area contributed by atoms with Crippen molar-refractivity contribution in [1.82, 2.24) is 10.3 Å². The number of aromatic nitrogens is 1. The van der Waals surface area contributed by atoms with Crippen molar-refractivity contribution in [3.8, 4) is 0 Å². The summed E-state index contributed by atoms with van der Waals surface area (Å²) in [5, 5.41) is 5.42. The van der Waals surface area contributed by atoms with E-state index in [0.717, 1.165) is 25.0 Å². The Balaban J connectivity index is 2.52. The highest BCUT2D eigenvalue weighted by atomic mass is 16.2. The molecule has 0 aliphatic rings. The van der Waals surface area contributed by atoms with E-state index in [1.165, 1.54) is 5.57 Å². The Morgan fingerprint density at radius 3 is 2.81 bits per heavy atom. The number of carbonyl (C=O) groups excluding carboxylic acids is 1. The van der Waals surface area contributed by atoms with E-state index in [1.807, 2.05) is 31.2 Å². The highest BCUT2D eigenvalue weighted by molar-refractivity contribution is 5.89. The number of nitrogens with one attached hydrogen (secondary N) is 2. The first kappa shape index (κ1) is 16.7. The summed E-state index contributed by atoms with van der Waals surface area (Å²) < 4.78 is 0. The molecule has 112 valence electrons. The summed E-state index contributed by atoms with van der Waals surface area (Å²) in [6.45, 7) is 7.80. The molecule has 1 heterocycles. The van der Waals surface area contributed by atoms with E-state index in [0.29, 0.717) is 5.82 Å². The van der Waals surface area contributed by atoms with Crippen LogP contribution in [0.15, 0.2) is 60.5 Å². The second kappa shape index (κ2) is 9.53. The third kappa shape index (κ3) is 7.11. The number of unbranched alkanes of at least 4 members (excludes halogenated alkanes) is 1. The molecule has 0 fully saturated rings. The summed E-state index contributed by atoms with van der Waals surface area (Å²) >= 11 is 0. The van der Waals surface area contributed by atoms with Crippen LogP contribution in [0.25, 0.3) is 0 Å². The maximum absolute atomic E-state index is 11.8. The number of anilines is 1. The molecule has 0 saturated heterocycles. The Bertz CT molecular complexity index is 518. The predicted octanol–water partition coefficient (Wildman–Crippen LogP) is 4.41. The molecular formula is C17H23N3O. The lowest BCUT2D eigenvalue weighted by molar-refractivity contribution is 0.254. The summed E-state index contributed by atoms with van der Waals surface area (Å²) in [5.74, 6) is 0.521.